The summed E-state index contributed by atoms with van der Waals surface area (Å²) in [6, 6.07) is 0.267. The van der Waals surface area contributed by atoms with E-state index >= 15 is 0 Å². The van der Waals surface area contributed by atoms with Gasteiger partial charge in [-0.15, -0.1) is 0 Å². The molecule has 3 nitrogen and oxygen atoms in total. The molecule has 1 N–H and O–H groups in total. The van der Waals surface area contributed by atoms with Gasteiger partial charge in [-0.3, -0.25) is 9.79 Å². The summed E-state index contributed by atoms with van der Waals surface area (Å²) in [6.07, 6.45) is 12.3. The number of hydrogen-bond acceptors (Lipinski definition) is 2. The maximum Gasteiger partial charge on any atom is 0.270 e. The van der Waals surface area contributed by atoms with Gasteiger partial charge in [0.2, 0.25) is 0 Å². The van der Waals surface area contributed by atoms with Crippen molar-refractivity contribution < 1.29 is 6.22 Å². The zero-order valence-corrected chi connectivity index (χ0v) is 12.2. The predicted octanol–water partition coefficient (Wildman–Crippen LogP) is 3.87. The van der Waals surface area contributed by atoms with Gasteiger partial charge in [0, 0.05) is 13.7 Å². The molecule has 0 aliphatic heterocycles. The van der Waals surface area contributed by atoms with E-state index in [1.807, 2.05) is 6.92 Å². The van der Waals surface area contributed by atoms with Crippen molar-refractivity contribution in [2.75, 3.05) is 0 Å². The minimum atomic E-state index is -0.106. The molecular weight excluding hydrogens is 236 g/mol. The molecule has 1 rings (SSSR count). The van der Waals surface area contributed by atoms with Crippen molar-refractivity contribution in [1.82, 2.24) is 5.32 Å². The average Bonchev–Trinajstić information content (AvgIpc) is 2.46. The Morgan fingerprint density at radius 3 is 2.68 bits per heavy atom. The van der Waals surface area contributed by atoms with E-state index in [2.05, 4.69) is 23.8 Å². The van der Waals surface area contributed by atoms with E-state index in [1.54, 1.807) is 12.3 Å². The molecule has 0 saturated heterocycles. The topological polar surface area (TPSA) is 41.5 Å². The van der Waals surface area contributed by atoms with Gasteiger partial charge in [-0.25, -0.2) is 0 Å². The van der Waals surface area contributed by atoms with E-state index in [4.69, 9.17) is 0 Å². The van der Waals surface area contributed by atoms with E-state index in [9.17, 15) is 4.79 Å². The fourth-order valence-electron chi connectivity index (χ4n) is 2.69. The van der Waals surface area contributed by atoms with Gasteiger partial charge in [0.25, 0.3) is 5.91 Å². The standard InChI is InChI=1S/C16H26N2O.H2/c1-4-12-17-15(6-3)16(19)18-14(5-2)13-10-8-7-9-11-13;/h4,6,12-14H,3,5,7-11H2,1-2H3,(H,18,19);1H/b12-4-,17-15?;. The van der Waals surface area contributed by atoms with Gasteiger partial charge in [-0.1, -0.05) is 38.8 Å². The fourth-order valence-corrected chi connectivity index (χ4v) is 2.69. The fraction of sp³-hybridized carbons (Fsp3) is 0.625. The molecule has 1 amide bonds. The summed E-state index contributed by atoms with van der Waals surface area (Å²) in [5.74, 6) is 0.515. The Kier molecular flexibility index (Phi) is 7.16. The number of nitrogens with one attached hydrogen (secondary N) is 1. The molecule has 3 heteroatoms. The van der Waals surface area contributed by atoms with Crippen LogP contribution in [0, 0.1) is 5.92 Å². The van der Waals surface area contributed by atoms with Crippen molar-refractivity contribution >= 4 is 11.6 Å². The Labute approximate surface area is 118 Å². The molecule has 0 radical (unpaired) electrons. The number of amides is 1. The molecule has 1 atom stereocenters. The zero-order valence-electron chi connectivity index (χ0n) is 12.2. The Morgan fingerprint density at radius 1 is 1.47 bits per heavy atom. The van der Waals surface area contributed by atoms with Crippen molar-refractivity contribution in [2.45, 2.75) is 58.4 Å². The first-order valence-corrected chi connectivity index (χ1v) is 7.35. The molecule has 1 aliphatic rings. The van der Waals surface area contributed by atoms with E-state index < -0.39 is 0 Å². The molecular formula is C16H28N2O. The van der Waals surface area contributed by atoms with Crippen LogP contribution in [-0.2, 0) is 4.79 Å². The van der Waals surface area contributed by atoms with Gasteiger partial charge >= 0.3 is 0 Å². The Bertz CT molecular complexity index is 357. The Morgan fingerprint density at radius 2 is 2.16 bits per heavy atom. The molecule has 1 fully saturated rings. The third kappa shape index (κ3) is 5.01. The first-order chi connectivity index (χ1) is 9.22. The summed E-state index contributed by atoms with van der Waals surface area (Å²) in [6.45, 7) is 7.66. The molecule has 1 aliphatic carbocycles. The third-order valence-electron chi connectivity index (χ3n) is 3.76. The lowest BCUT2D eigenvalue weighted by molar-refractivity contribution is -0.115. The van der Waals surface area contributed by atoms with Gasteiger partial charge < -0.3 is 5.32 Å². The minimum absolute atomic E-state index is 0. The molecule has 0 aromatic heterocycles. The first-order valence-electron chi connectivity index (χ1n) is 7.35. The molecule has 0 aromatic carbocycles. The van der Waals surface area contributed by atoms with Crippen LogP contribution in [-0.4, -0.2) is 17.7 Å². The predicted molar refractivity (Wildman–Crippen MR) is 83.4 cm³/mol. The van der Waals surface area contributed by atoms with Crippen molar-refractivity contribution in [1.29, 1.82) is 0 Å². The Hall–Kier alpha value is -1.38. The number of hydrogen-bond donors (Lipinski definition) is 1. The summed E-state index contributed by atoms with van der Waals surface area (Å²) in [4.78, 5) is 16.2. The van der Waals surface area contributed by atoms with Crippen LogP contribution >= 0.6 is 0 Å². The lowest BCUT2D eigenvalue weighted by Gasteiger charge is -2.30. The number of carbonyl (C=O) groups excluding carboxylic acids is 1. The minimum Gasteiger partial charge on any atom is -0.348 e. The number of allylic oxidation sites excluding steroid dienone is 1. The first kappa shape index (κ1) is 15.7. The summed E-state index contributed by atoms with van der Waals surface area (Å²) >= 11 is 0. The molecule has 0 spiro atoms. The van der Waals surface area contributed by atoms with E-state index in [-0.39, 0.29) is 13.4 Å². The Balaban J connectivity index is 0.00000361. The van der Waals surface area contributed by atoms with Crippen LogP contribution in [0.1, 0.15) is 53.8 Å². The van der Waals surface area contributed by atoms with Crippen molar-refractivity contribution in [3.05, 3.63) is 24.9 Å². The second kappa shape index (κ2) is 8.68. The summed E-state index contributed by atoms with van der Waals surface area (Å²) in [5.41, 5.74) is 0.396. The molecule has 19 heavy (non-hydrogen) atoms. The molecule has 0 bridgehead atoms. The van der Waals surface area contributed by atoms with Crippen LogP contribution in [0.5, 0.6) is 0 Å². The summed E-state index contributed by atoms with van der Waals surface area (Å²) < 4.78 is 0. The quantitative estimate of drug-likeness (QED) is 0.727. The van der Waals surface area contributed by atoms with Crippen LogP contribution in [0.2, 0.25) is 0 Å². The maximum absolute atomic E-state index is 12.1. The van der Waals surface area contributed by atoms with Gasteiger partial charge in [-0.2, -0.15) is 0 Å². The molecule has 0 aromatic rings. The van der Waals surface area contributed by atoms with Gasteiger partial charge in [0.05, 0.1) is 0 Å². The highest BCUT2D eigenvalue weighted by molar-refractivity contribution is 6.43. The average molecular weight is 264 g/mol. The highest BCUT2D eigenvalue weighted by atomic mass is 16.1. The van der Waals surface area contributed by atoms with E-state index in [0.29, 0.717) is 11.6 Å². The van der Waals surface area contributed by atoms with Gasteiger partial charge in [-0.05, 0) is 38.2 Å². The second-order valence-electron chi connectivity index (χ2n) is 5.09. The SMILES string of the molecule is C=CC(=N/C=C\C)C(=O)NC(CC)C1CCCCC1.[HH]. The van der Waals surface area contributed by atoms with E-state index in [1.165, 1.54) is 38.2 Å². The van der Waals surface area contributed by atoms with Crippen LogP contribution in [0.25, 0.3) is 0 Å². The van der Waals surface area contributed by atoms with E-state index in [0.717, 1.165) is 6.42 Å². The van der Waals surface area contributed by atoms with Crippen molar-refractivity contribution in [3.63, 3.8) is 0 Å². The zero-order chi connectivity index (χ0) is 14.1. The lowest BCUT2D eigenvalue weighted by atomic mass is 9.83. The summed E-state index contributed by atoms with van der Waals surface area (Å²) in [5, 5.41) is 3.12. The van der Waals surface area contributed by atoms with Gasteiger partial charge in [0.15, 0.2) is 0 Å². The van der Waals surface area contributed by atoms with Crippen LogP contribution in [0.3, 0.4) is 0 Å². The number of nitrogens with zero attached hydrogens (tertiary/aromatic N) is 1. The highest BCUT2D eigenvalue weighted by Gasteiger charge is 2.24. The second-order valence-corrected chi connectivity index (χ2v) is 5.09. The lowest BCUT2D eigenvalue weighted by Crippen LogP contribution is -2.43. The number of carbonyl (C=O) groups is 1. The monoisotopic (exact) mass is 264 g/mol. The number of aliphatic imine (C=N–C) groups is 1. The summed E-state index contributed by atoms with van der Waals surface area (Å²) in [7, 11) is 0. The maximum atomic E-state index is 12.1. The molecule has 0 heterocycles. The van der Waals surface area contributed by atoms with Crippen molar-refractivity contribution in [3.8, 4) is 0 Å². The molecule has 108 valence electrons. The molecule has 1 unspecified atom stereocenters. The van der Waals surface area contributed by atoms with Crippen molar-refractivity contribution in [2.24, 2.45) is 10.9 Å². The smallest absolute Gasteiger partial charge is 0.270 e. The number of rotatable bonds is 6. The largest absolute Gasteiger partial charge is 0.348 e. The molecule has 1 saturated carbocycles. The van der Waals surface area contributed by atoms with Crippen LogP contribution in [0.15, 0.2) is 29.9 Å². The van der Waals surface area contributed by atoms with Crippen LogP contribution < -0.4 is 5.32 Å². The van der Waals surface area contributed by atoms with Crippen LogP contribution in [0.4, 0.5) is 0 Å². The normalized spacial score (nSPS) is 19.4. The van der Waals surface area contributed by atoms with Gasteiger partial charge in [0.1, 0.15) is 5.71 Å². The highest BCUT2D eigenvalue weighted by Crippen LogP contribution is 2.27. The third-order valence-corrected chi connectivity index (χ3v) is 3.76.